The van der Waals surface area contributed by atoms with E-state index in [1.807, 2.05) is 30.4 Å². The average Bonchev–Trinajstić information content (AvgIpc) is 3.24. The lowest BCUT2D eigenvalue weighted by Crippen LogP contribution is -2.10. The molecule has 1 heterocycles. The standard InChI is InChI=1S/C28H33N3S/c1-7-10-12-22(5)19-24-17-18-25(32-24)20-30-27(9-3)26(11-8-2)28(29-6)31-23-15-13-21(4)14-16-23/h7-8,10,12-18,31H,1-2,5-6,9,11,19-20H2,3-4H3/b12-10-,28-26+,30-27?. The zero-order valence-corrected chi connectivity index (χ0v) is 20.0. The van der Waals surface area contributed by atoms with E-state index in [9.17, 15) is 0 Å². The SMILES string of the molecule is C=C/C=C\C(=C)Cc1ccc(CN=C(CC)/C(CC=C)=C(\N=C)Nc2ccc(C)cc2)s1. The summed E-state index contributed by atoms with van der Waals surface area (Å²) in [5.41, 5.74) is 5.29. The fourth-order valence-corrected chi connectivity index (χ4v) is 4.16. The van der Waals surface area contributed by atoms with Crippen molar-refractivity contribution in [2.24, 2.45) is 9.98 Å². The van der Waals surface area contributed by atoms with Crippen LogP contribution in [0.4, 0.5) is 5.69 Å². The quantitative estimate of drug-likeness (QED) is 0.191. The molecule has 0 spiro atoms. The van der Waals surface area contributed by atoms with Gasteiger partial charge in [-0.05, 0) is 50.7 Å². The van der Waals surface area contributed by atoms with E-state index in [-0.39, 0.29) is 0 Å². The highest BCUT2D eigenvalue weighted by Gasteiger charge is 2.12. The number of aryl methyl sites for hydroxylation is 1. The second kappa shape index (κ2) is 13.2. The third-order valence-corrected chi connectivity index (χ3v) is 5.87. The molecule has 0 radical (unpaired) electrons. The number of benzene rings is 1. The summed E-state index contributed by atoms with van der Waals surface area (Å²) in [6.07, 6.45) is 9.87. The number of hydrogen-bond acceptors (Lipinski definition) is 4. The summed E-state index contributed by atoms with van der Waals surface area (Å²) < 4.78 is 0. The van der Waals surface area contributed by atoms with Crippen molar-refractivity contribution in [3.05, 3.63) is 113 Å². The van der Waals surface area contributed by atoms with Crippen LogP contribution in [0, 0.1) is 6.92 Å². The van der Waals surface area contributed by atoms with Crippen LogP contribution in [0.1, 0.15) is 35.1 Å². The minimum Gasteiger partial charge on any atom is -0.340 e. The van der Waals surface area contributed by atoms with E-state index in [1.165, 1.54) is 15.3 Å². The van der Waals surface area contributed by atoms with E-state index < -0.39 is 0 Å². The first-order chi connectivity index (χ1) is 15.5. The molecular weight excluding hydrogens is 410 g/mol. The molecule has 0 aliphatic carbocycles. The molecule has 1 aromatic heterocycles. The highest BCUT2D eigenvalue weighted by atomic mass is 32.1. The van der Waals surface area contributed by atoms with Gasteiger partial charge in [0.1, 0.15) is 5.82 Å². The van der Waals surface area contributed by atoms with Crippen molar-refractivity contribution in [1.29, 1.82) is 0 Å². The van der Waals surface area contributed by atoms with Gasteiger partial charge in [-0.25, -0.2) is 4.99 Å². The van der Waals surface area contributed by atoms with Crippen LogP contribution in [0.2, 0.25) is 0 Å². The average molecular weight is 444 g/mol. The third-order valence-electron chi connectivity index (χ3n) is 4.80. The van der Waals surface area contributed by atoms with Gasteiger partial charge in [0.25, 0.3) is 0 Å². The summed E-state index contributed by atoms with van der Waals surface area (Å²) >= 11 is 1.78. The summed E-state index contributed by atoms with van der Waals surface area (Å²) in [4.78, 5) is 11.7. The zero-order chi connectivity index (χ0) is 23.3. The van der Waals surface area contributed by atoms with Gasteiger partial charge in [-0.15, -0.1) is 17.9 Å². The first-order valence-corrected chi connectivity index (χ1v) is 11.5. The van der Waals surface area contributed by atoms with Crippen molar-refractivity contribution in [2.75, 3.05) is 5.32 Å². The molecular formula is C28H33N3S. The molecule has 0 aliphatic rings. The number of rotatable bonds is 13. The lowest BCUT2D eigenvalue weighted by atomic mass is 10.0. The van der Waals surface area contributed by atoms with Crippen molar-refractivity contribution >= 4 is 29.5 Å². The van der Waals surface area contributed by atoms with Gasteiger partial charge >= 0.3 is 0 Å². The number of nitrogens with zero attached hydrogens (tertiary/aromatic N) is 2. The summed E-state index contributed by atoms with van der Waals surface area (Å²) in [6, 6.07) is 12.5. The molecule has 0 fully saturated rings. The van der Waals surface area contributed by atoms with E-state index in [1.54, 1.807) is 17.4 Å². The van der Waals surface area contributed by atoms with Crippen LogP contribution in [0.3, 0.4) is 0 Å². The molecule has 32 heavy (non-hydrogen) atoms. The molecule has 2 rings (SSSR count). The fraction of sp³-hybridized carbons (Fsp3) is 0.214. The number of hydrogen-bond donors (Lipinski definition) is 1. The molecule has 0 atom stereocenters. The predicted molar refractivity (Wildman–Crippen MR) is 144 cm³/mol. The maximum atomic E-state index is 4.94. The number of nitrogens with one attached hydrogen (secondary N) is 1. The van der Waals surface area contributed by atoms with Gasteiger partial charge in [0.05, 0.1) is 6.54 Å². The zero-order valence-electron chi connectivity index (χ0n) is 19.2. The van der Waals surface area contributed by atoms with Crippen molar-refractivity contribution in [2.45, 2.75) is 39.7 Å². The number of aliphatic imine (C=N–C) groups is 2. The predicted octanol–water partition coefficient (Wildman–Crippen LogP) is 7.85. The first kappa shape index (κ1) is 25.0. The van der Waals surface area contributed by atoms with Gasteiger partial charge in [-0.1, -0.05) is 67.7 Å². The highest BCUT2D eigenvalue weighted by molar-refractivity contribution is 7.12. The maximum Gasteiger partial charge on any atom is 0.134 e. The molecule has 1 aromatic carbocycles. The monoisotopic (exact) mass is 443 g/mol. The molecule has 0 saturated carbocycles. The van der Waals surface area contributed by atoms with E-state index >= 15 is 0 Å². The Morgan fingerprint density at radius 2 is 1.81 bits per heavy atom. The van der Waals surface area contributed by atoms with E-state index in [4.69, 9.17) is 4.99 Å². The van der Waals surface area contributed by atoms with Crippen LogP contribution >= 0.6 is 11.3 Å². The van der Waals surface area contributed by atoms with E-state index in [2.05, 4.69) is 74.9 Å². The Kier molecular flexibility index (Phi) is 10.3. The molecule has 166 valence electrons. The smallest absolute Gasteiger partial charge is 0.134 e. The lowest BCUT2D eigenvalue weighted by Gasteiger charge is -2.14. The third kappa shape index (κ3) is 7.78. The minimum atomic E-state index is 0.637. The molecule has 0 unspecified atom stereocenters. The van der Waals surface area contributed by atoms with Gasteiger partial charge < -0.3 is 5.32 Å². The molecule has 1 N–H and O–H groups in total. The van der Waals surface area contributed by atoms with E-state index in [0.29, 0.717) is 13.0 Å². The minimum absolute atomic E-state index is 0.637. The van der Waals surface area contributed by atoms with Gasteiger partial charge in [0.2, 0.25) is 0 Å². The molecule has 0 bridgehead atoms. The van der Waals surface area contributed by atoms with E-state index in [0.717, 1.165) is 41.2 Å². The number of allylic oxidation sites excluding steroid dienone is 6. The normalized spacial score (nSPS) is 12.4. The van der Waals surface area contributed by atoms with Gasteiger partial charge in [-0.3, -0.25) is 4.99 Å². The van der Waals surface area contributed by atoms with Crippen LogP contribution in [-0.4, -0.2) is 12.4 Å². The Balaban J connectivity index is 2.22. The molecule has 2 aromatic rings. The van der Waals surface area contributed by atoms with Crippen molar-refractivity contribution in [3.63, 3.8) is 0 Å². The van der Waals surface area contributed by atoms with Crippen LogP contribution < -0.4 is 5.32 Å². The topological polar surface area (TPSA) is 36.8 Å². The largest absolute Gasteiger partial charge is 0.340 e. The van der Waals surface area contributed by atoms with Crippen molar-refractivity contribution in [3.8, 4) is 0 Å². The van der Waals surface area contributed by atoms with Gasteiger partial charge in [0, 0.05) is 33.1 Å². The Bertz CT molecular complexity index is 1030. The summed E-state index contributed by atoms with van der Waals surface area (Å²) in [6.45, 7) is 20.3. The molecule has 4 heteroatoms. The van der Waals surface area contributed by atoms with Crippen LogP contribution in [0.15, 0.2) is 107 Å². The summed E-state index contributed by atoms with van der Waals surface area (Å²) in [5, 5.41) is 3.40. The fourth-order valence-electron chi connectivity index (χ4n) is 3.16. The molecule has 0 aliphatic heterocycles. The van der Waals surface area contributed by atoms with Crippen LogP contribution in [-0.2, 0) is 13.0 Å². The Morgan fingerprint density at radius 3 is 2.44 bits per heavy atom. The Labute approximate surface area is 197 Å². The number of anilines is 1. The van der Waals surface area contributed by atoms with Gasteiger partial charge in [0.15, 0.2) is 0 Å². The van der Waals surface area contributed by atoms with Crippen molar-refractivity contribution < 1.29 is 0 Å². The molecule has 3 nitrogen and oxygen atoms in total. The maximum absolute atomic E-state index is 4.94. The Morgan fingerprint density at radius 1 is 1.09 bits per heavy atom. The second-order valence-corrected chi connectivity index (χ2v) is 8.64. The highest BCUT2D eigenvalue weighted by Crippen LogP contribution is 2.23. The van der Waals surface area contributed by atoms with Gasteiger partial charge in [-0.2, -0.15) is 0 Å². The summed E-state index contributed by atoms with van der Waals surface area (Å²) in [5.74, 6) is 0.728. The summed E-state index contributed by atoms with van der Waals surface area (Å²) in [7, 11) is 0. The Hall–Kier alpha value is -3.24. The van der Waals surface area contributed by atoms with Crippen molar-refractivity contribution in [1.82, 2.24) is 0 Å². The van der Waals surface area contributed by atoms with Crippen LogP contribution in [0.25, 0.3) is 0 Å². The number of thiophene rings is 1. The van der Waals surface area contributed by atoms with Crippen LogP contribution in [0.5, 0.6) is 0 Å². The molecule has 0 saturated heterocycles. The second-order valence-electron chi connectivity index (χ2n) is 7.38. The molecule has 0 amide bonds. The lowest BCUT2D eigenvalue weighted by molar-refractivity contribution is 1.05. The first-order valence-electron chi connectivity index (χ1n) is 10.7.